The lowest BCUT2D eigenvalue weighted by molar-refractivity contribution is -0.883. The lowest BCUT2D eigenvalue weighted by atomic mass is 10.2. The van der Waals surface area contributed by atoms with Crippen molar-refractivity contribution in [1.29, 1.82) is 0 Å². The third-order valence-electron chi connectivity index (χ3n) is 2.55. The van der Waals surface area contributed by atoms with Crippen LogP contribution in [0.3, 0.4) is 0 Å². The Labute approximate surface area is 109 Å². The second-order valence-electron chi connectivity index (χ2n) is 5.19. The van der Waals surface area contributed by atoms with E-state index in [0.29, 0.717) is 16.7 Å². The third-order valence-corrected chi connectivity index (χ3v) is 2.55. The second kappa shape index (κ2) is 7.87. The third kappa shape index (κ3) is 8.75. The Morgan fingerprint density at radius 1 is 1.22 bits per heavy atom. The molecule has 0 amide bonds. The molecule has 0 saturated heterocycles. The van der Waals surface area contributed by atoms with E-state index in [1.54, 1.807) is 6.92 Å². The Bertz CT molecular complexity index is 310. The van der Waals surface area contributed by atoms with E-state index in [-0.39, 0.29) is 12.5 Å². The molecule has 5 heteroatoms. The highest BCUT2D eigenvalue weighted by molar-refractivity contribution is 5.86. The Kier molecular flexibility index (Phi) is 7.27. The van der Waals surface area contributed by atoms with Gasteiger partial charge in [0.15, 0.2) is 6.54 Å². The lowest BCUT2D eigenvalue weighted by Crippen LogP contribution is -2.44. The summed E-state index contributed by atoms with van der Waals surface area (Å²) in [5, 5.41) is 8.72. The monoisotopic (exact) mass is 258 g/mol. The normalized spacial score (nSPS) is 11.1. The number of nitrogens with zero attached hydrogens (tertiary/aromatic N) is 1. The summed E-state index contributed by atoms with van der Waals surface area (Å²) in [4.78, 5) is 21.7. The van der Waals surface area contributed by atoms with Crippen molar-refractivity contribution in [2.45, 2.75) is 26.2 Å². The number of carboxylic acids is 1. The van der Waals surface area contributed by atoms with Crippen molar-refractivity contribution in [1.82, 2.24) is 0 Å². The summed E-state index contributed by atoms with van der Waals surface area (Å²) >= 11 is 0. The van der Waals surface area contributed by atoms with Crippen LogP contribution in [-0.2, 0) is 14.3 Å². The minimum Gasteiger partial charge on any atom is -0.477 e. The van der Waals surface area contributed by atoms with Gasteiger partial charge in [-0.05, 0) is 26.2 Å². The van der Waals surface area contributed by atoms with Crippen LogP contribution in [-0.4, -0.2) is 55.3 Å². The van der Waals surface area contributed by atoms with Crippen LogP contribution in [0.5, 0.6) is 0 Å². The zero-order valence-corrected chi connectivity index (χ0v) is 11.6. The van der Waals surface area contributed by atoms with E-state index >= 15 is 0 Å². The largest absolute Gasteiger partial charge is 0.477 e. The molecular weight excluding hydrogens is 234 g/mol. The van der Waals surface area contributed by atoms with E-state index < -0.39 is 5.97 Å². The summed E-state index contributed by atoms with van der Waals surface area (Å²) in [5.74, 6) is -1.13. The molecular formula is C13H24NO4+. The molecule has 0 unspecified atom stereocenters. The lowest BCUT2D eigenvalue weighted by Gasteiger charge is -2.27. The van der Waals surface area contributed by atoms with Crippen molar-refractivity contribution in [3.8, 4) is 0 Å². The van der Waals surface area contributed by atoms with E-state index in [4.69, 9.17) is 9.84 Å². The van der Waals surface area contributed by atoms with E-state index in [1.165, 1.54) is 0 Å². The van der Waals surface area contributed by atoms with E-state index in [0.717, 1.165) is 25.8 Å². The molecule has 1 N–H and O–H groups in total. The van der Waals surface area contributed by atoms with Gasteiger partial charge in [0.2, 0.25) is 0 Å². The van der Waals surface area contributed by atoms with Crippen LogP contribution < -0.4 is 0 Å². The molecule has 0 aromatic carbocycles. The van der Waals surface area contributed by atoms with Crippen molar-refractivity contribution in [2.24, 2.45) is 0 Å². The number of carbonyl (C=O) groups is 2. The van der Waals surface area contributed by atoms with E-state index in [9.17, 15) is 9.59 Å². The molecule has 5 nitrogen and oxygen atoms in total. The van der Waals surface area contributed by atoms with Gasteiger partial charge in [0.25, 0.3) is 0 Å². The highest BCUT2D eigenvalue weighted by Gasteiger charge is 2.18. The average Bonchev–Trinajstić information content (AvgIpc) is 2.20. The number of carboxylic acid groups (broad SMARTS) is 1. The van der Waals surface area contributed by atoms with Gasteiger partial charge in [0, 0.05) is 5.57 Å². The fraction of sp³-hybridized carbons (Fsp3) is 0.692. The molecule has 18 heavy (non-hydrogen) atoms. The molecule has 0 heterocycles. The van der Waals surface area contributed by atoms with Crippen LogP contribution in [0, 0.1) is 0 Å². The smallest absolute Gasteiger partial charge is 0.359 e. The summed E-state index contributed by atoms with van der Waals surface area (Å²) in [6, 6.07) is 0. The van der Waals surface area contributed by atoms with Gasteiger partial charge < -0.3 is 14.3 Å². The predicted molar refractivity (Wildman–Crippen MR) is 69.1 cm³/mol. The number of ether oxygens (including phenoxy) is 1. The predicted octanol–water partition coefficient (Wildman–Crippen LogP) is 1.44. The molecule has 0 spiro atoms. The van der Waals surface area contributed by atoms with Crippen LogP contribution in [0.15, 0.2) is 12.2 Å². The van der Waals surface area contributed by atoms with Crippen LogP contribution >= 0.6 is 0 Å². The van der Waals surface area contributed by atoms with Crippen molar-refractivity contribution >= 4 is 11.9 Å². The van der Waals surface area contributed by atoms with Crippen LogP contribution in [0.2, 0.25) is 0 Å². The van der Waals surface area contributed by atoms with Crippen LogP contribution in [0.1, 0.15) is 26.2 Å². The molecule has 0 aliphatic rings. The molecule has 0 fully saturated rings. The maximum Gasteiger partial charge on any atom is 0.359 e. The van der Waals surface area contributed by atoms with E-state index in [1.807, 2.05) is 14.1 Å². The Balaban J connectivity index is 3.59. The molecule has 104 valence electrons. The summed E-state index contributed by atoms with van der Waals surface area (Å²) in [5.41, 5.74) is 0.411. The average molecular weight is 258 g/mol. The van der Waals surface area contributed by atoms with Gasteiger partial charge in [-0.2, -0.15) is 0 Å². The number of quaternary nitrogens is 1. The number of hydrogen-bond donors (Lipinski definition) is 1. The first-order valence-corrected chi connectivity index (χ1v) is 6.11. The van der Waals surface area contributed by atoms with Gasteiger partial charge in [-0.3, -0.25) is 0 Å². The first-order valence-electron chi connectivity index (χ1n) is 6.11. The number of unbranched alkanes of at least 4 members (excludes halogenated alkanes) is 2. The van der Waals surface area contributed by atoms with Gasteiger partial charge in [-0.15, -0.1) is 0 Å². The van der Waals surface area contributed by atoms with Gasteiger partial charge in [0.05, 0.1) is 27.2 Å². The van der Waals surface area contributed by atoms with Crippen molar-refractivity contribution in [2.75, 3.05) is 33.8 Å². The number of aliphatic carboxylic acids is 1. The summed E-state index contributed by atoms with van der Waals surface area (Å²) in [7, 11) is 3.80. The maximum absolute atomic E-state index is 11.1. The Morgan fingerprint density at radius 2 is 1.83 bits per heavy atom. The highest BCUT2D eigenvalue weighted by atomic mass is 16.5. The molecule has 0 aliphatic heterocycles. The summed E-state index contributed by atoms with van der Waals surface area (Å²) in [6.07, 6.45) is 2.64. The maximum atomic E-state index is 11.1. The molecule has 0 saturated carbocycles. The first kappa shape index (κ1) is 16.6. The number of likely N-dealkylation sites (N-methyl/N-ethyl adjacent to an activating group) is 1. The number of carbonyl (C=O) groups excluding carboxylic acids is 1. The number of rotatable bonds is 9. The molecule has 0 radical (unpaired) electrons. The second-order valence-corrected chi connectivity index (χ2v) is 5.19. The fourth-order valence-corrected chi connectivity index (χ4v) is 1.55. The molecule has 0 atom stereocenters. The SMILES string of the molecule is C=C(C)C(=O)OCCCCC[N+](C)(C)CC(=O)O. The quantitative estimate of drug-likeness (QED) is 0.294. The van der Waals surface area contributed by atoms with Crippen molar-refractivity contribution < 1.29 is 23.9 Å². The zero-order chi connectivity index (χ0) is 14.2. The van der Waals surface area contributed by atoms with Crippen molar-refractivity contribution in [3.05, 3.63) is 12.2 Å². The summed E-state index contributed by atoms with van der Waals surface area (Å²) < 4.78 is 5.44. The van der Waals surface area contributed by atoms with Gasteiger partial charge >= 0.3 is 11.9 Å². The first-order chi connectivity index (χ1) is 8.24. The molecule has 0 rings (SSSR count). The van der Waals surface area contributed by atoms with E-state index in [2.05, 4.69) is 6.58 Å². The van der Waals surface area contributed by atoms with Crippen LogP contribution in [0.25, 0.3) is 0 Å². The molecule has 0 aliphatic carbocycles. The molecule has 0 aromatic rings. The Hall–Kier alpha value is -1.36. The summed E-state index contributed by atoms with van der Waals surface area (Å²) in [6.45, 7) is 6.45. The van der Waals surface area contributed by atoms with Gasteiger partial charge in [0.1, 0.15) is 0 Å². The topological polar surface area (TPSA) is 63.6 Å². The van der Waals surface area contributed by atoms with Crippen molar-refractivity contribution in [3.63, 3.8) is 0 Å². The van der Waals surface area contributed by atoms with Gasteiger partial charge in [-0.25, -0.2) is 9.59 Å². The zero-order valence-electron chi connectivity index (χ0n) is 11.6. The molecule has 0 bridgehead atoms. The fourth-order valence-electron chi connectivity index (χ4n) is 1.55. The number of esters is 1. The Morgan fingerprint density at radius 3 is 2.33 bits per heavy atom. The molecule has 0 aromatic heterocycles. The minimum absolute atomic E-state index is 0.130. The standard InChI is InChI=1S/C13H23NO4/c1-11(2)13(17)18-9-7-5-6-8-14(3,4)10-12(15)16/h1,5-10H2,2-4H3/p+1. The number of hydrogen-bond acceptors (Lipinski definition) is 3. The van der Waals surface area contributed by atoms with Crippen LogP contribution in [0.4, 0.5) is 0 Å². The minimum atomic E-state index is -0.782. The highest BCUT2D eigenvalue weighted by Crippen LogP contribution is 2.04. The van der Waals surface area contributed by atoms with Gasteiger partial charge in [-0.1, -0.05) is 6.58 Å².